The lowest BCUT2D eigenvalue weighted by molar-refractivity contribution is -0.00376. The normalized spacial score (nSPS) is 29.6. The molecule has 1 aliphatic rings. The van der Waals surface area contributed by atoms with E-state index in [1.165, 1.54) is 0 Å². The Kier molecular flexibility index (Phi) is 3.48. The maximum atomic E-state index is 10.8. The quantitative estimate of drug-likeness (QED) is 0.835. The number of aliphatic hydroxyl groups is 1. The molecule has 0 aromatic heterocycles. The number of rotatable bonds is 2. The molecule has 0 aliphatic heterocycles. The highest BCUT2D eigenvalue weighted by molar-refractivity contribution is 6.42. The Morgan fingerprint density at radius 1 is 1.44 bits per heavy atom. The molecule has 0 bridgehead atoms. The largest absolute Gasteiger partial charge is 0.385 e. The highest BCUT2D eigenvalue weighted by atomic mass is 35.5. The molecule has 88 valence electrons. The predicted molar refractivity (Wildman–Crippen MR) is 68.0 cm³/mol. The fourth-order valence-corrected chi connectivity index (χ4v) is 3.26. The van der Waals surface area contributed by atoms with Crippen LogP contribution in [0.4, 0.5) is 0 Å². The summed E-state index contributed by atoms with van der Waals surface area (Å²) in [6.07, 6.45) is 3.87. The Morgan fingerprint density at radius 2 is 2.19 bits per heavy atom. The highest BCUT2D eigenvalue weighted by Crippen LogP contribution is 2.48. The molecule has 1 nitrogen and oxygen atoms in total. The van der Waals surface area contributed by atoms with Crippen molar-refractivity contribution in [1.29, 1.82) is 0 Å². The second kappa shape index (κ2) is 4.56. The lowest BCUT2D eigenvalue weighted by Gasteiger charge is -2.31. The van der Waals surface area contributed by atoms with Crippen LogP contribution in [0.25, 0.3) is 0 Å². The van der Waals surface area contributed by atoms with Crippen LogP contribution >= 0.6 is 23.2 Å². The van der Waals surface area contributed by atoms with Gasteiger partial charge in [-0.2, -0.15) is 0 Å². The fraction of sp³-hybridized carbons (Fsp3) is 0.538. The molecule has 1 aromatic carbocycles. The van der Waals surface area contributed by atoms with Gasteiger partial charge < -0.3 is 5.11 Å². The van der Waals surface area contributed by atoms with Crippen molar-refractivity contribution in [2.75, 3.05) is 0 Å². The predicted octanol–water partition coefficient (Wildman–Crippen LogP) is 4.39. The molecule has 2 atom stereocenters. The van der Waals surface area contributed by atoms with Crippen molar-refractivity contribution in [3.63, 3.8) is 0 Å². The van der Waals surface area contributed by atoms with E-state index in [2.05, 4.69) is 6.92 Å². The first-order valence-corrected chi connectivity index (χ1v) is 6.52. The zero-order valence-corrected chi connectivity index (χ0v) is 10.9. The Bertz CT molecular complexity index is 392. The molecule has 1 saturated carbocycles. The molecule has 1 aliphatic carbocycles. The Hall–Kier alpha value is -0.240. The van der Waals surface area contributed by atoms with Crippen LogP contribution in [0.3, 0.4) is 0 Å². The topological polar surface area (TPSA) is 20.2 Å². The third-order valence-electron chi connectivity index (χ3n) is 3.70. The van der Waals surface area contributed by atoms with Gasteiger partial charge >= 0.3 is 0 Å². The van der Waals surface area contributed by atoms with Crippen LogP contribution in [0.5, 0.6) is 0 Å². The van der Waals surface area contributed by atoms with E-state index >= 15 is 0 Å². The molecule has 0 amide bonds. The first-order chi connectivity index (χ1) is 7.59. The zero-order chi connectivity index (χ0) is 11.8. The molecular formula is C13H16Cl2O. The summed E-state index contributed by atoms with van der Waals surface area (Å²) < 4.78 is 0. The summed E-state index contributed by atoms with van der Waals surface area (Å²) in [4.78, 5) is 0. The summed E-state index contributed by atoms with van der Waals surface area (Å²) in [6, 6.07) is 5.50. The average molecular weight is 259 g/mol. The van der Waals surface area contributed by atoms with Gasteiger partial charge in [0.25, 0.3) is 0 Å². The lowest BCUT2D eigenvalue weighted by atomic mass is 9.82. The van der Waals surface area contributed by atoms with Crippen molar-refractivity contribution in [1.82, 2.24) is 0 Å². The Labute approximate surface area is 106 Å². The van der Waals surface area contributed by atoms with E-state index < -0.39 is 5.60 Å². The van der Waals surface area contributed by atoms with Crippen LogP contribution in [0.15, 0.2) is 18.2 Å². The van der Waals surface area contributed by atoms with Crippen molar-refractivity contribution < 1.29 is 5.11 Å². The molecule has 2 rings (SSSR count). The number of benzene rings is 1. The first kappa shape index (κ1) is 12.2. The summed E-state index contributed by atoms with van der Waals surface area (Å²) in [5.74, 6) is 0.295. The third-order valence-corrected chi connectivity index (χ3v) is 4.52. The van der Waals surface area contributed by atoms with Crippen LogP contribution in [0.2, 0.25) is 10.0 Å². The second-order valence-electron chi connectivity index (χ2n) is 4.52. The molecule has 0 saturated heterocycles. The molecule has 1 aromatic rings. The minimum Gasteiger partial charge on any atom is -0.385 e. The maximum absolute atomic E-state index is 10.8. The maximum Gasteiger partial charge on any atom is 0.0939 e. The summed E-state index contributed by atoms with van der Waals surface area (Å²) in [5.41, 5.74) is 0.0162. The van der Waals surface area contributed by atoms with E-state index in [0.717, 1.165) is 31.2 Å². The summed E-state index contributed by atoms with van der Waals surface area (Å²) >= 11 is 12.2. The van der Waals surface area contributed by atoms with Gasteiger partial charge in [0.2, 0.25) is 0 Å². The van der Waals surface area contributed by atoms with E-state index in [1.807, 2.05) is 12.1 Å². The average Bonchev–Trinajstić information content (AvgIpc) is 2.64. The Balaban J connectivity index is 2.46. The van der Waals surface area contributed by atoms with Gasteiger partial charge in [0.15, 0.2) is 0 Å². The van der Waals surface area contributed by atoms with Crippen LogP contribution < -0.4 is 0 Å². The van der Waals surface area contributed by atoms with Gasteiger partial charge in [0, 0.05) is 5.56 Å². The minimum absolute atomic E-state index is 0.295. The van der Waals surface area contributed by atoms with Gasteiger partial charge in [-0.25, -0.2) is 0 Å². The molecule has 0 spiro atoms. The highest BCUT2D eigenvalue weighted by Gasteiger charge is 2.42. The standard InChI is InChI=1S/C13H16Cl2O/c1-2-9-5-4-8-13(9,16)10-6-3-7-11(14)12(10)15/h3,6-7,9,16H,2,4-5,8H2,1H3. The fourth-order valence-electron chi connectivity index (χ4n) is 2.80. The van der Waals surface area contributed by atoms with E-state index in [1.54, 1.807) is 6.07 Å². The van der Waals surface area contributed by atoms with E-state index in [0.29, 0.717) is 16.0 Å². The van der Waals surface area contributed by atoms with Crippen molar-refractivity contribution in [2.24, 2.45) is 5.92 Å². The third kappa shape index (κ3) is 1.85. The molecule has 0 radical (unpaired) electrons. The van der Waals surface area contributed by atoms with E-state index in [-0.39, 0.29) is 0 Å². The van der Waals surface area contributed by atoms with E-state index in [4.69, 9.17) is 23.2 Å². The van der Waals surface area contributed by atoms with Crippen molar-refractivity contribution in [3.8, 4) is 0 Å². The van der Waals surface area contributed by atoms with Crippen LogP contribution in [-0.2, 0) is 5.60 Å². The minimum atomic E-state index is -0.781. The van der Waals surface area contributed by atoms with Gasteiger partial charge in [-0.15, -0.1) is 0 Å². The summed E-state index contributed by atoms with van der Waals surface area (Å²) in [6.45, 7) is 2.11. The lowest BCUT2D eigenvalue weighted by Crippen LogP contribution is -2.30. The SMILES string of the molecule is CCC1CCCC1(O)c1cccc(Cl)c1Cl. The Morgan fingerprint density at radius 3 is 2.88 bits per heavy atom. The van der Waals surface area contributed by atoms with Crippen molar-refractivity contribution in [3.05, 3.63) is 33.8 Å². The molecule has 1 fully saturated rings. The zero-order valence-electron chi connectivity index (χ0n) is 9.34. The smallest absolute Gasteiger partial charge is 0.0939 e. The molecule has 1 N–H and O–H groups in total. The van der Waals surface area contributed by atoms with Crippen LogP contribution in [0.1, 0.15) is 38.2 Å². The second-order valence-corrected chi connectivity index (χ2v) is 5.31. The first-order valence-electron chi connectivity index (χ1n) is 5.76. The molecule has 16 heavy (non-hydrogen) atoms. The summed E-state index contributed by atoms with van der Waals surface area (Å²) in [5, 5.41) is 11.8. The monoisotopic (exact) mass is 258 g/mol. The van der Waals surface area contributed by atoms with Gasteiger partial charge in [0.1, 0.15) is 0 Å². The number of halogens is 2. The molecule has 3 heteroatoms. The summed E-state index contributed by atoms with van der Waals surface area (Å²) in [7, 11) is 0. The molecule has 2 unspecified atom stereocenters. The number of hydrogen-bond acceptors (Lipinski definition) is 1. The van der Waals surface area contributed by atoms with Crippen LogP contribution in [0, 0.1) is 5.92 Å². The van der Waals surface area contributed by atoms with Gasteiger partial charge in [-0.1, -0.05) is 48.7 Å². The molecular weight excluding hydrogens is 243 g/mol. The van der Waals surface area contributed by atoms with Gasteiger partial charge in [-0.3, -0.25) is 0 Å². The molecule has 0 heterocycles. The van der Waals surface area contributed by atoms with Gasteiger partial charge in [-0.05, 0) is 31.2 Å². The number of hydrogen-bond donors (Lipinski definition) is 1. The van der Waals surface area contributed by atoms with Crippen LogP contribution in [-0.4, -0.2) is 5.11 Å². The van der Waals surface area contributed by atoms with Gasteiger partial charge in [0.05, 0.1) is 15.6 Å². The van der Waals surface area contributed by atoms with E-state index in [9.17, 15) is 5.11 Å². The van der Waals surface area contributed by atoms with Crippen molar-refractivity contribution in [2.45, 2.75) is 38.2 Å². The van der Waals surface area contributed by atoms with Crippen molar-refractivity contribution >= 4 is 23.2 Å².